The smallest absolute Gasteiger partial charge is 0.338 e. The molecule has 0 aliphatic carbocycles. The first-order valence-electron chi connectivity index (χ1n) is 7.84. The monoisotopic (exact) mass is 383 g/mol. The van der Waals surface area contributed by atoms with Crippen molar-refractivity contribution in [3.05, 3.63) is 63.6 Å². The van der Waals surface area contributed by atoms with E-state index in [2.05, 4.69) is 22.0 Å². The van der Waals surface area contributed by atoms with Crippen LogP contribution in [0, 0.1) is 13.8 Å². The normalized spacial score (nSPS) is 10.8. The Labute approximate surface area is 149 Å². The van der Waals surface area contributed by atoms with Crippen molar-refractivity contribution >= 4 is 32.8 Å². The van der Waals surface area contributed by atoms with Gasteiger partial charge in [0.25, 0.3) is 0 Å². The number of hydrogen-bond donors (Lipinski definition) is 0. The van der Waals surface area contributed by atoms with Crippen molar-refractivity contribution in [1.82, 2.24) is 4.98 Å². The maximum Gasteiger partial charge on any atom is 0.338 e. The topological polar surface area (TPSA) is 39.2 Å². The summed E-state index contributed by atoms with van der Waals surface area (Å²) in [6.07, 6.45) is 0. The molecule has 122 valence electrons. The van der Waals surface area contributed by atoms with Crippen molar-refractivity contribution in [1.29, 1.82) is 0 Å². The third-order valence-electron chi connectivity index (χ3n) is 3.88. The van der Waals surface area contributed by atoms with Crippen molar-refractivity contribution in [2.45, 2.75) is 20.8 Å². The van der Waals surface area contributed by atoms with E-state index in [-0.39, 0.29) is 5.97 Å². The molecule has 1 heterocycles. The molecule has 0 fully saturated rings. The Morgan fingerprint density at radius 2 is 1.83 bits per heavy atom. The van der Waals surface area contributed by atoms with Gasteiger partial charge in [-0.25, -0.2) is 9.78 Å². The van der Waals surface area contributed by atoms with E-state index < -0.39 is 0 Å². The number of esters is 1. The minimum atomic E-state index is -0.312. The van der Waals surface area contributed by atoms with Gasteiger partial charge in [-0.15, -0.1) is 0 Å². The number of carbonyl (C=O) groups is 1. The van der Waals surface area contributed by atoms with Crippen LogP contribution in [0.15, 0.2) is 46.9 Å². The quantitative estimate of drug-likeness (QED) is 0.563. The lowest BCUT2D eigenvalue weighted by atomic mass is 10.00. The Balaban J connectivity index is 2.29. The highest BCUT2D eigenvalue weighted by Gasteiger charge is 2.16. The van der Waals surface area contributed by atoms with Crippen molar-refractivity contribution < 1.29 is 9.53 Å². The molecule has 4 heteroatoms. The maximum absolute atomic E-state index is 12.5. The van der Waals surface area contributed by atoms with Crippen LogP contribution in [-0.2, 0) is 4.74 Å². The van der Waals surface area contributed by atoms with E-state index in [0.29, 0.717) is 12.2 Å². The number of fused-ring (bicyclic) bond motifs is 1. The van der Waals surface area contributed by atoms with Gasteiger partial charge in [0.05, 0.1) is 23.4 Å². The summed E-state index contributed by atoms with van der Waals surface area (Å²) in [6, 6.07) is 13.8. The first-order valence-corrected chi connectivity index (χ1v) is 8.64. The molecule has 2 aromatic carbocycles. The summed E-state index contributed by atoms with van der Waals surface area (Å²) in [6.45, 7) is 6.20. The predicted molar refractivity (Wildman–Crippen MR) is 100 cm³/mol. The molecule has 1 aromatic heterocycles. The van der Waals surface area contributed by atoms with Gasteiger partial charge in [-0.3, -0.25) is 0 Å². The zero-order valence-electron chi connectivity index (χ0n) is 13.9. The third kappa shape index (κ3) is 3.20. The maximum atomic E-state index is 12.5. The van der Waals surface area contributed by atoms with Gasteiger partial charge < -0.3 is 4.74 Å². The van der Waals surface area contributed by atoms with Gasteiger partial charge in [0.15, 0.2) is 0 Å². The summed E-state index contributed by atoms with van der Waals surface area (Å²) in [7, 11) is 0. The van der Waals surface area contributed by atoms with Gasteiger partial charge in [0, 0.05) is 15.4 Å². The Hall–Kier alpha value is -2.20. The fourth-order valence-electron chi connectivity index (χ4n) is 2.83. The molecule has 3 rings (SSSR count). The Morgan fingerprint density at radius 3 is 2.50 bits per heavy atom. The number of rotatable bonds is 3. The van der Waals surface area contributed by atoms with Gasteiger partial charge in [0.1, 0.15) is 0 Å². The number of ether oxygens (including phenoxy) is 1. The Bertz CT molecular complexity index is 917. The molecular formula is C20H18BrNO2. The fourth-order valence-corrected chi connectivity index (χ4v) is 3.09. The van der Waals surface area contributed by atoms with Gasteiger partial charge in [0.2, 0.25) is 0 Å². The average Bonchev–Trinajstić information content (AvgIpc) is 2.55. The Morgan fingerprint density at radius 1 is 1.12 bits per heavy atom. The predicted octanol–water partition coefficient (Wildman–Crippen LogP) is 5.46. The minimum Gasteiger partial charge on any atom is -0.462 e. The van der Waals surface area contributed by atoms with E-state index in [1.165, 1.54) is 0 Å². The fraction of sp³-hybridized carbons (Fsp3) is 0.200. The van der Waals surface area contributed by atoms with Crippen molar-refractivity contribution in [3.63, 3.8) is 0 Å². The number of carbonyl (C=O) groups excluding carboxylic acids is 1. The second-order valence-electron chi connectivity index (χ2n) is 5.76. The van der Waals surface area contributed by atoms with Crippen LogP contribution in [0.2, 0.25) is 0 Å². The van der Waals surface area contributed by atoms with Crippen LogP contribution < -0.4 is 0 Å². The highest BCUT2D eigenvalue weighted by atomic mass is 79.9. The van der Waals surface area contributed by atoms with Gasteiger partial charge in [-0.05, 0) is 50.6 Å². The molecule has 0 atom stereocenters. The second kappa shape index (κ2) is 6.73. The van der Waals surface area contributed by atoms with Crippen LogP contribution in [0.25, 0.3) is 22.2 Å². The molecule has 3 nitrogen and oxygen atoms in total. The standard InChI is InChI=1S/C20H18BrNO2/c1-4-24-20(23)17-11-18(14-5-7-15(21)8-6-14)22-19-13(3)9-12(2)10-16(17)19/h5-11H,4H2,1-3H3. The Kier molecular flexibility index (Phi) is 4.67. The number of pyridine rings is 1. The lowest BCUT2D eigenvalue weighted by Crippen LogP contribution is -2.07. The molecule has 0 radical (unpaired) electrons. The highest BCUT2D eigenvalue weighted by Crippen LogP contribution is 2.29. The third-order valence-corrected chi connectivity index (χ3v) is 4.41. The molecule has 0 saturated heterocycles. The average molecular weight is 384 g/mol. The molecule has 24 heavy (non-hydrogen) atoms. The molecule has 0 amide bonds. The summed E-state index contributed by atoms with van der Waals surface area (Å²) in [5.41, 5.74) is 5.28. The van der Waals surface area contributed by atoms with Crippen LogP contribution in [0.1, 0.15) is 28.4 Å². The summed E-state index contributed by atoms with van der Waals surface area (Å²) >= 11 is 3.44. The zero-order chi connectivity index (χ0) is 17.3. The molecule has 0 saturated carbocycles. The first-order chi connectivity index (χ1) is 11.5. The van der Waals surface area contributed by atoms with Crippen LogP contribution in [0.3, 0.4) is 0 Å². The van der Waals surface area contributed by atoms with Crippen LogP contribution in [-0.4, -0.2) is 17.6 Å². The van der Waals surface area contributed by atoms with E-state index in [0.717, 1.165) is 37.8 Å². The number of hydrogen-bond acceptors (Lipinski definition) is 3. The molecule has 0 aliphatic rings. The molecule has 3 aromatic rings. The van der Waals surface area contributed by atoms with Crippen LogP contribution >= 0.6 is 15.9 Å². The van der Waals surface area contributed by atoms with Crippen LogP contribution in [0.4, 0.5) is 0 Å². The van der Waals surface area contributed by atoms with E-state index >= 15 is 0 Å². The summed E-state index contributed by atoms with van der Waals surface area (Å²) in [5.74, 6) is -0.312. The van der Waals surface area contributed by atoms with Crippen molar-refractivity contribution in [3.8, 4) is 11.3 Å². The number of aryl methyl sites for hydroxylation is 2. The van der Waals surface area contributed by atoms with Crippen molar-refractivity contribution in [2.75, 3.05) is 6.61 Å². The number of nitrogens with zero attached hydrogens (tertiary/aromatic N) is 1. The zero-order valence-corrected chi connectivity index (χ0v) is 15.5. The SMILES string of the molecule is CCOC(=O)c1cc(-c2ccc(Br)cc2)nc2c(C)cc(C)cc12. The molecule has 0 bridgehead atoms. The minimum absolute atomic E-state index is 0.312. The van der Waals surface area contributed by atoms with Gasteiger partial charge in [-0.1, -0.05) is 39.7 Å². The van der Waals surface area contributed by atoms with E-state index in [1.54, 1.807) is 0 Å². The number of halogens is 1. The van der Waals surface area contributed by atoms with Gasteiger partial charge in [-0.2, -0.15) is 0 Å². The molecule has 0 spiro atoms. The van der Waals surface area contributed by atoms with E-state index in [9.17, 15) is 4.79 Å². The molecular weight excluding hydrogens is 366 g/mol. The van der Waals surface area contributed by atoms with Gasteiger partial charge >= 0.3 is 5.97 Å². The lowest BCUT2D eigenvalue weighted by Gasteiger charge is -2.12. The lowest BCUT2D eigenvalue weighted by molar-refractivity contribution is 0.0528. The highest BCUT2D eigenvalue weighted by molar-refractivity contribution is 9.10. The second-order valence-corrected chi connectivity index (χ2v) is 6.68. The summed E-state index contributed by atoms with van der Waals surface area (Å²) in [4.78, 5) is 17.3. The first kappa shape index (κ1) is 16.7. The van der Waals surface area contributed by atoms with E-state index in [4.69, 9.17) is 9.72 Å². The number of aromatic nitrogens is 1. The summed E-state index contributed by atoms with van der Waals surface area (Å²) in [5, 5.41) is 0.840. The largest absolute Gasteiger partial charge is 0.462 e. The molecule has 0 unspecified atom stereocenters. The molecule has 0 N–H and O–H groups in total. The summed E-state index contributed by atoms with van der Waals surface area (Å²) < 4.78 is 6.26. The number of benzene rings is 2. The molecule has 0 aliphatic heterocycles. The van der Waals surface area contributed by atoms with Crippen molar-refractivity contribution in [2.24, 2.45) is 0 Å². The van der Waals surface area contributed by atoms with E-state index in [1.807, 2.05) is 57.2 Å². The van der Waals surface area contributed by atoms with Crippen LogP contribution in [0.5, 0.6) is 0 Å².